The molecule has 2 aromatic rings. The molecule has 0 heterocycles. The molecule has 2 N–H and O–H groups in total. The molecule has 0 aliphatic carbocycles. The first-order valence-corrected chi connectivity index (χ1v) is 6.00. The van der Waals surface area contributed by atoms with Crippen molar-refractivity contribution in [3.8, 4) is 0 Å². The number of aliphatic hydroxyl groups is 1. The van der Waals surface area contributed by atoms with Crippen molar-refractivity contribution < 1.29 is 13.9 Å². The van der Waals surface area contributed by atoms with Gasteiger partial charge in [0.05, 0.1) is 18.3 Å². The molecule has 0 spiro atoms. The van der Waals surface area contributed by atoms with E-state index in [0.717, 1.165) is 5.56 Å². The van der Waals surface area contributed by atoms with Crippen molar-refractivity contribution in [3.63, 3.8) is 0 Å². The molecule has 0 saturated heterocycles. The molecule has 1 atom stereocenters. The van der Waals surface area contributed by atoms with Gasteiger partial charge in [0.25, 0.3) is 0 Å². The summed E-state index contributed by atoms with van der Waals surface area (Å²) in [6, 6.07) is 9.98. The Morgan fingerprint density at radius 1 is 1.16 bits per heavy atom. The summed E-state index contributed by atoms with van der Waals surface area (Å²) >= 11 is 0. The lowest BCUT2D eigenvalue weighted by molar-refractivity contribution is 0.275. The zero-order chi connectivity index (χ0) is 13.8. The number of para-hydroxylation sites is 1. The van der Waals surface area contributed by atoms with Crippen LogP contribution >= 0.6 is 0 Å². The number of benzene rings is 2. The molecule has 2 nitrogen and oxygen atoms in total. The maximum Gasteiger partial charge on any atom is 0.146 e. The molecule has 0 bridgehead atoms. The van der Waals surface area contributed by atoms with Crippen LogP contribution < -0.4 is 5.32 Å². The van der Waals surface area contributed by atoms with Gasteiger partial charge < -0.3 is 10.4 Å². The summed E-state index contributed by atoms with van der Waals surface area (Å²) in [5.74, 6) is -0.788. The first-order valence-electron chi connectivity index (χ1n) is 6.00. The van der Waals surface area contributed by atoms with Crippen LogP contribution in [0.25, 0.3) is 0 Å². The third-order valence-corrected chi connectivity index (χ3v) is 3.00. The Hall–Kier alpha value is -1.94. The summed E-state index contributed by atoms with van der Waals surface area (Å²) in [6.45, 7) is 1.57. The van der Waals surface area contributed by atoms with Gasteiger partial charge in [0.15, 0.2) is 0 Å². The van der Waals surface area contributed by atoms with Crippen LogP contribution in [0.1, 0.15) is 17.2 Å². The smallest absolute Gasteiger partial charge is 0.146 e. The van der Waals surface area contributed by atoms with Crippen molar-refractivity contribution in [2.24, 2.45) is 0 Å². The SMILES string of the molecule is Cc1ccc(F)cc1C(CO)Nc1ccccc1F. The Morgan fingerprint density at radius 2 is 1.89 bits per heavy atom. The zero-order valence-electron chi connectivity index (χ0n) is 10.5. The molecular formula is C15H15F2NO. The zero-order valence-corrected chi connectivity index (χ0v) is 10.5. The maximum absolute atomic E-state index is 13.6. The van der Waals surface area contributed by atoms with Crippen LogP contribution in [-0.2, 0) is 0 Å². The molecule has 0 saturated carbocycles. The molecule has 1 unspecified atom stereocenters. The van der Waals surface area contributed by atoms with E-state index in [2.05, 4.69) is 5.32 Å². The Balaban J connectivity index is 2.30. The lowest BCUT2D eigenvalue weighted by Crippen LogP contribution is -2.17. The maximum atomic E-state index is 13.6. The number of halogens is 2. The molecule has 19 heavy (non-hydrogen) atoms. The third-order valence-electron chi connectivity index (χ3n) is 3.00. The van der Waals surface area contributed by atoms with Crippen molar-refractivity contribution >= 4 is 5.69 Å². The van der Waals surface area contributed by atoms with Gasteiger partial charge in [-0.05, 0) is 42.3 Å². The monoisotopic (exact) mass is 263 g/mol. The molecule has 0 fully saturated rings. The molecular weight excluding hydrogens is 248 g/mol. The lowest BCUT2D eigenvalue weighted by Gasteiger charge is -2.20. The molecule has 0 aromatic heterocycles. The fraction of sp³-hybridized carbons (Fsp3) is 0.200. The third kappa shape index (κ3) is 3.09. The highest BCUT2D eigenvalue weighted by atomic mass is 19.1. The van der Waals surface area contributed by atoms with Gasteiger partial charge in [-0.2, -0.15) is 0 Å². The quantitative estimate of drug-likeness (QED) is 0.886. The topological polar surface area (TPSA) is 32.3 Å². The van der Waals surface area contributed by atoms with Crippen LogP contribution in [-0.4, -0.2) is 11.7 Å². The fourth-order valence-electron chi connectivity index (χ4n) is 1.97. The van der Waals surface area contributed by atoms with E-state index in [0.29, 0.717) is 5.56 Å². The first kappa shape index (κ1) is 13.5. The molecule has 4 heteroatoms. The lowest BCUT2D eigenvalue weighted by atomic mass is 10.0. The summed E-state index contributed by atoms with van der Waals surface area (Å²) in [4.78, 5) is 0. The van der Waals surface area contributed by atoms with Crippen LogP contribution in [0.5, 0.6) is 0 Å². The predicted molar refractivity (Wildman–Crippen MR) is 71.0 cm³/mol. The van der Waals surface area contributed by atoms with Crippen LogP contribution in [0.15, 0.2) is 42.5 Å². The number of nitrogens with one attached hydrogen (secondary N) is 1. The number of rotatable bonds is 4. The molecule has 0 aliphatic rings. The second-order valence-electron chi connectivity index (χ2n) is 4.36. The van der Waals surface area contributed by atoms with Gasteiger partial charge in [-0.3, -0.25) is 0 Å². The van der Waals surface area contributed by atoms with E-state index >= 15 is 0 Å². The number of aliphatic hydroxyl groups excluding tert-OH is 1. The Labute approximate surface area is 110 Å². The van der Waals surface area contributed by atoms with Gasteiger partial charge in [-0.1, -0.05) is 18.2 Å². The Bertz CT molecular complexity index is 572. The number of hydrogen-bond donors (Lipinski definition) is 2. The van der Waals surface area contributed by atoms with E-state index in [-0.39, 0.29) is 18.1 Å². The Morgan fingerprint density at radius 3 is 2.58 bits per heavy atom. The summed E-state index contributed by atoms with van der Waals surface area (Å²) in [6.07, 6.45) is 0. The van der Waals surface area contributed by atoms with Gasteiger partial charge in [0.1, 0.15) is 11.6 Å². The fourth-order valence-corrected chi connectivity index (χ4v) is 1.97. The summed E-state index contributed by atoms with van der Waals surface area (Å²) in [5, 5.41) is 12.3. The van der Waals surface area contributed by atoms with Crippen molar-refractivity contribution in [2.75, 3.05) is 11.9 Å². The van der Waals surface area contributed by atoms with Gasteiger partial charge in [-0.25, -0.2) is 8.78 Å². The van der Waals surface area contributed by atoms with Crippen molar-refractivity contribution in [2.45, 2.75) is 13.0 Å². The van der Waals surface area contributed by atoms with E-state index in [1.165, 1.54) is 18.2 Å². The molecule has 2 rings (SSSR count). The largest absolute Gasteiger partial charge is 0.394 e. The van der Waals surface area contributed by atoms with Crippen LogP contribution in [0.3, 0.4) is 0 Å². The second-order valence-corrected chi connectivity index (χ2v) is 4.36. The van der Waals surface area contributed by atoms with E-state index in [1.54, 1.807) is 24.3 Å². The number of hydrogen-bond acceptors (Lipinski definition) is 2. The standard InChI is InChI=1S/C15H15F2NO/c1-10-6-7-11(16)8-12(10)15(9-19)18-14-5-3-2-4-13(14)17/h2-8,15,18-19H,9H2,1H3. The van der Waals surface area contributed by atoms with Crippen LogP contribution in [0.4, 0.5) is 14.5 Å². The van der Waals surface area contributed by atoms with Gasteiger partial charge in [-0.15, -0.1) is 0 Å². The average molecular weight is 263 g/mol. The minimum atomic E-state index is -0.549. The van der Waals surface area contributed by atoms with Gasteiger partial charge in [0.2, 0.25) is 0 Å². The normalized spacial score (nSPS) is 12.2. The summed E-state index contributed by atoms with van der Waals surface area (Å²) in [5.41, 5.74) is 1.74. The van der Waals surface area contributed by atoms with Crippen LogP contribution in [0, 0.1) is 18.6 Å². The van der Waals surface area contributed by atoms with Crippen molar-refractivity contribution in [3.05, 3.63) is 65.2 Å². The highest BCUT2D eigenvalue weighted by Gasteiger charge is 2.15. The highest BCUT2D eigenvalue weighted by molar-refractivity contribution is 5.47. The van der Waals surface area contributed by atoms with Crippen molar-refractivity contribution in [1.82, 2.24) is 0 Å². The van der Waals surface area contributed by atoms with E-state index < -0.39 is 11.9 Å². The van der Waals surface area contributed by atoms with E-state index in [1.807, 2.05) is 6.92 Å². The minimum Gasteiger partial charge on any atom is -0.394 e. The molecule has 100 valence electrons. The average Bonchev–Trinajstić information content (AvgIpc) is 2.41. The number of aryl methyl sites for hydroxylation is 1. The van der Waals surface area contributed by atoms with E-state index in [9.17, 15) is 13.9 Å². The number of anilines is 1. The first-order chi connectivity index (χ1) is 9.11. The predicted octanol–water partition coefficient (Wildman–Crippen LogP) is 3.42. The second kappa shape index (κ2) is 5.80. The van der Waals surface area contributed by atoms with Crippen molar-refractivity contribution in [1.29, 1.82) is 0 Å². The Kier molecular flexibility index (Phi) is 4.12. The molecule has 2 aromatic carbocycles. The van der Waals surface area contributed by atoms with Gasteiger partial charge in [0, 0.05) is 0 Å². The minimum absolute atomic E-state index is 0.251. The summed E-state index contributed by atoms with van der Waals surface area (Å²) < 4.78 is 26.8. The highest BCUT2D eigenvalue weighted by Crippen LogP contribution is 2.24. The van der Waals surface area contributed by atoms with E-state index in [4.69, 9.17) is 0 Å². The molecule has 0 aliphatic heterocycles. The van der Waals surface area contributed by atoms with Crippen LogP contribution in [0.2, 0.25) is 0 Å². The molecule has 0 radical (unpaired) electrons. The van der Waals surface area contributed by atoms with Gasteiger partial charge >= 0.3 is 0 Å². The molecule has 0 amide bonds. The summed E-state index contributed by atoms with van der Waals surface area (Å²) in [7, 11) is 0.